The van der Waals surface area contributed by atoms with Crippen LogP contribution in [0.15, 0.2) is 48.5 Å². The Morgan fingerprint density at radius 1 is 0.943 bits per heavy atom. The lowest BCUT2D eigenvalue weighted by atomic mass is 9.75. The lowest BCUT2D eigenvalue weighted by Crippen LogP contribution is -2.51. The largest absolute Gasteiger partial charge is 0.366 e. The predicted octanol–water partition coefficient (Wildman–Crippen LogP) is 3.64. The maximum atomic E-state index is 14.2. The third-order valence-electron chi connectivity index (χ3n) is 7.70. The summed E-state index contributed by atoms with van der Waals surface area (Å²) in [5, 5.41) is 0. The number of halogens is 2. The maximum Gasteiger partial charge on any atom is 0.241 e. The van der Waals surface area contributed by atoms with E-state index in [0.717, 1.165) is 25.7 Å². The molecule has 1 aliphatic carbocycles. The van der Waals surface area contributed by atoms with Crippen LogP contribution in [0.4, 0.5) is 14.5 Å². The molecule has 0 bridgehead atoms. The van der Waals surface area contributed by atoms with Gasteiger partial charge in [-0.2, -0.15) is 0 Å². The summed E-state index contributed by atoms with van der Waals surface area (Å²) in [6.07, 6.45) is 3.13. The summed E-state index contributed by atoms with van der Waals surface area (Å²) in [5.74, 6) is -1.75. The van der Waals surface area contributed by atoms with Crippen LogP contribution in [0.1, 0.15) is 44.1 Å². The fraction of sp³-hybridized carbons (Fsp3) is 0.444. The van der Waals surface area contributed by atoms with Crippen LogP contribution in [0.2, 0.25) is 0 Å². The standard InChI is InChI=1S/C27H29F2N3O3/c28-20-7-5-6-19(16-20)27(18-25(34)32(26(27)35)21-8-1-2-9-21)17-24(33)31-14-12-30(13-15-31)23-11-4-3-10-22(23)29/h3-7,10-11,16,21H,1-2,8-9,12-15,17-18H2. The van der Waals surface area contributed by atoms with Crippen LogP contribution in [-0.4, -0.2) is 59.7 Å². The van der Waals surface area contributed by atoms with Gasteiger partial charge in [0, 0.05) is 45.1 Å². The molecule has 5 rings (SSSR count). The third kappa shape index (κ3) is 4.30. The molecule has 0 spiro atoms. The second-order valence-corrected chi connectivity index (χ2v) is 9.77. The molecular weight excluding hydrogens is 452 g/mol. The van der Waals surface area contributed by atoms with Gasteiger partial charge in [0.1, 0.15) is 11.6 Å². The molecule has 8 heteroatoms. The Morgan fingerprint density at radius 3 is 2.34 bits per heavy atom. The zero-order chi connectivity index (χ0) is 24.6. The fourth-order valence-corrected chi connectivity index (χ4v) is 5.82. The van der Waals surface area contributed by atoms with Crippen LogP contribution in [0.3, 0.4) is 0 Å². The first-order chi connectivity index (χ1) is 16.9. The van der Waals surface area contributed by atoms with Crippen molar-refractivity contribution in [2.24, 2.45) is 0 Å². The van der Waals surface area contributed by atoms with Gasteiger partial charge in [0.15, 0.2) is 0 Å². The molecule has 1 saturated carbocycles. The normalized spacial score (nSPS) is 23.4. The number of para-hydroxylation sites is 1. The van der Waals surface area contributed by atoms with Crippen molar-refractivity contribution in [2.75, 3.05) is 31.1 Å². The minimum absolute atomic E-state index is 0.132. The summed E-state index contributed by atoms with van der Waals surface area (Å²) < 4.78 is 28.4. The number of amides is 3. The average molecular weight is 482 g/mol. The first-order valence-electron chi connectivity index (χ1n) is 12.3. The van der Waals surface area contributed by atoms with Gasteiger partial charge in [0.05, 0.1) is 11.1 Å². The molecule has 184 valence electrons. The van der Waals surface area contributed by atoms with E-state index in [1.165, 1.54) is 29.2 Å². The van der Waals surface area contributed by atoms with Crippen molar-refractivity contribution in [3.8, 4) is 0 Å². The molecule has 0 radical (unpaired) electrons. The molecule has 6 nitrogen and oxygen atoms in total. The summed E-state index contributed by atoms with van der Waals surface area (Å²) in [6.45, 7) is 1.67. The van der Waals surface area contributed by atoms with E-state index in [-0.39, 0.29) is 36.5 Å². The van der Waals surface area contributed by atoms with Crippen molar-refractivity contribution < 1.29 is 23.2 Å². The molecule has 0 aromatic heterocycles. The lowest BCUT2D eigenvalue weighted by molar-refractivity contribution is -0.144. The fourth-order valence-electron chi connectivity index (χ4n) is 5.82. The number of rotatable bonds is 5. The Morgan fingerprint density at radius 2 is 1.66 bits per heavy atom. The van der Waals surface area contributed by atoms with Gasteiger partial charge < -0.3 is 9.80 Å². The average Bonchev–Trinajstić information content (AvgIpc) is 3.46. The van der Waals surface area contributed by atoms with E-state index in [4.69, 9.17) is 0 Å². The first kappa shape index (κ1) is 23.5. The molecule has 1 unspecified atom stereocenters. The number of imide groups is 1. The Kier molecular flexibility index (Phi) is 6.30. The van der Waals surface area contributed by atoms with Crippen molar-refractivity contribution in [3.63, 3.8) is 0 Å². The monoisotopic (exact) mass is 481 g/mol. The highest BCUT2D eigenvalue weighted by atomic mass is 19.1. The van der Waals surface area contributed by atoms with Crippen LogP contribution in [0.5, 0.6) is 0 Å². The van der Waals surface area contributed by atoms with Crippen molar-refractivity contribution >= 4 is 23.4 Å². The Bertz CT molecular complexity index is 1140. The quantitative estimate of drug-likeness (QED) is 0.612. The molecule has 3 aliphatic rings. The molecule has 3 amide bonds. The van der Waals surface area contributed by atoms with Gasteiger partial charge >= 0.3 is 0 Å². The number of carbonyl (C=O) groups excluding carboxylic acids is 3. The summed E-state index contributed by atoms with van der Waals surface area (Å²) in [5.41, 5.74) is -0.532. The van der Waals surface area contributed by atoms with E-state index >= 15 is 0 Å². The molecule has 2 aromatic carbocycles. The van der Waals surface area contributed by atoms with Gasteiger partial charge in [-0.1, -0.05) is 37.1 Å². The number of benzene rings is 2. The van der Waals surface area contributed by atoms with Crippen molar-refractivity contribution in [3.05, 3.63) is 65.7 Å². The molecule has 0 N–H and O–H groups in total. The summed E-state index contributed by atoms with van der Waals surface area (Å²) in [6, 6.07) is 12.1. The van der Waals surface area contributed by atoms with Crippen LogP contribution < -0.4 is 4.90 Å². The highest BCUT2D eigenvalue weighted by molar-refractivity contribution is 6.11. The number of nitrogens with zero attached hydrogens (tertiary/aromatic N) is 3. The van der Waals surface area contributed by atoms with E-state index in [0.29, 0.717) is 37.4 Å². The van der Waals surface area contributed by atoms with Gasteiger partial charge in [-0.15, -0.1) is 0 Å². The summed E-state index contributed by atoms with van der Waals surface area (Å²) >= 11 is 0. The minimum Gasteiger partial charge on any atom is -0.366 e. The third-order valence-corrected chi connectivity index (χ3v) is 7.70. The van der Waals surface area contributed by atoms with E-state index in [1.54, 1.807) is 29.2 Å². The number of piperazine rings is 1. The summed E-state index contributed by atoms with van der Waals surface area (Å²) in [4.78, 5) is 45.2. The molecule has 2 aliphatic heterocycles. The zero-order valence-electron chi connectivity index (χ0n) is 19.6. The van der Waals surface area contributed by atoms with Crippen molar-refractivity contribution in [2.45, 2.75) is 50.0 Å². The van der Waals surface area contributed by atoms with Crippen LogP contribution in [0, 0.1) is 11.6 Å². The van der Waals surface area contributed by atoms with Crippen molar-refractivity contribution in [1.29, 1.82) is 0 Å². The highest BCUT2D eigenvalue weighted by Crippen LogP contribution is 2.43. The SMILES string of the molecule is O=C(CC1(c2cccc(F)c2)CC(=O)N(C2CCCC2)C1=O)N1CCN(c2ccccc2F)CC1. The lowest BCUT2D eigenvalue weighted by Gasteiger charge is -2.38. The molecule has 1 atom stereocenters. The second kappa shape index (κ2) is 9.40. The van der Waals surface area contributed by atoms with Crippen molar-refractivity contribution in [1.82, 2.24) is 9.80 Å². The van der Waals surface area contributed by atoms with Gasteiger partial charge in [0.2, 0.25) is 17.7 Å². The number of hydrogen-bond acceptors (Lipinski definition) is 4. The number of carbonyl (C=O) groups is 3. The molecule has 35 heavy (non-hydrogen) atoms. The second-order valence-electron chi connectivity index (χ2n) is 9.77. The number of anilines is 1. The van der Waals surface area contributed by atoms with Crippen LogP contribution in [0.25, 0.3) is 0 Å². The topological polar surface area (TPSA) is 60.9 Å². The van der Waals surface area contributed by atoms with Gasteiger partial charge in [-0.25, -0.2) is 8.78 Å². The molecule has 2 aromatic rings. The maximum absolute atomic E-state index is 14.2. The Balaban J connectivity index is 1.37. The van der Waals surface area contributed by atoms with E-state index in [2.05, 4.69) is 0 Å². The smallest absolute Gasteiger partial charge is 0.241 e. The molecule has 3 fully saturated rings. The predicted molar refractivity (Wildman–Crippen MR) is 127 cm³/mol. The Hall–Kier alpha value is -3.29. The number of hydrogen-bond donors (Lipinski definition) is 0. The molecule has 2 heterocycles. The number of likely N-dealkylation sites (tertiary alicyclic amines) is 1. The van der Waals surface area contributed by atoms with E-state index in [9.17, 15) is 23.2 Å². The van der Waals surface area contributed by atoms with Crippen LogP contribution in [-0.2, 0) is 19.8 Å². The summed E-state index contributed by atoms with van der Waals surface area (Å²) in [7, 11) is 0. The Labute approximate surface area is 203 Å². The first-order valence-corrected chi connectivity index (χ1v) is 12.3. The van der Waals surface area contributed by atoms with E-state index in [1.807, 2.05) is 4.90 Å². The molecular formula is C27H29F2N3O3. The van der Waals surface area contributed by atoms with Gasteiger partial charge in [0.25, 0.3) is 0 Å². The highest BCUT2D eigenvalue weighted by Gasteiger charge is 2.56. The van der Waals surface area contributed by atoms with E-state index < -0.39 is 17.1 Å². The van der Waals surface area contributed by atoms with Gasteiger partial charge in [-0.05, 0) is 42.7 Å². The van der Waals surface area contributed by atoms with Gasteiger partial charge in [-0.3, -0.25) is 19.3 Å². The molecule has 2 saturated heterocycles. The minimum atomic E-state index is -1.40. The van der Waals surface area contributed by atoms with Crippen LogP contribution >= 0.6 is 0 Å². The zero-order valence-corrected chi connectivity index (χ0v) is 19.6.